The summed E-state index contributed by atoms with van der Waals surface area (Å²) in [5.74, 6) is -0.753. The Morgan fingerprint density at radius 2 is 0.893 bits per heavy atom. The van der Waals surface area contributed by atoms with Gasteiger partial charge in [-0.3, -0.25) is 0 Å². The minimum Gasteiger partial charge on any atom is -0.497 e. The SMILES string of the molecule is COc1ccc(C(=O)O[C@H]2[C@H](OC[C@H]3O[C@@H](Sc4ccccc4)[C@H](OC(=O)c4ccccc4)[C@@H](O)[C@@H]3OCc3ccccc3)O[C@H](COCc3ccccc3)[C@@H](OCc3ccccc3)[C@@H]2OCc2ccccc2)cc1. The second-order valence-electron chi connectivity index (χ2n) is 18.0. The summed E-state index contributed by atoms with van der Waals surface area (Å²) in [5, 5.41) is 12.5. The fourth-order valence-electron chi connectivity index (χ4n) is 8.79. The van der Waals surface area contributed by atoms with Crippen molar-refractivity contribution in [2.75, 3.05) is 20.3 Å². The molecule has 0 aliphatic carbocycles. The van der Waals surface area contributed by atoms with Gasteiger partial charge >= 0.3 is 11.9 Å². The zero-order chi connectivity index (χ0) is 51.6. The van der Waals surface area contributed by atoms with E-state index in [2.05, 4.69) is 0 Å². The van der Waals surface area contributed by atoms with Gasteiger partial charge in [0.05, 0.1) is 57.9 Å². The van der Waals surface area contributed by atoms with E-state index in [0.717, 1.165) is 27.1 Å². The molecule has 0 spiro atoms. The summed E-state index contributed by atoms with van der Waals surface area (Å²) in [6.45, 7) is 0.410. The number of aliphatic hydroxyl groups is 1. The van der Waals surface area contributed by atoms with Gasteiger partial charge in [-0.1, -0.05) is 169 Å². The zero-order valence-electron chi connectivity index (χ0n) is 41.4. The van der Waals surface area contributed by atoms with E-state index in [4.69, 9.17) is 47.4 Å². The normalized spacial score (nSPS) is 23.4. The maximum atomic E-state index is 14.4. The number of hydrogen-bond acceptors (Lipinski definition) is 14. The van der Waals surface area contributed by atoms with Crippen molar-refractivity contribution in [1.29, 1.82) is 0 Å². The first-order chi connectivity index (χ1) is 36.9. The van der Waals surface area contributed by atoms with Crippen LogP contribution in [0.3, 0.4) is 0 Å². The van der Waals surface area contributed by atoms with Crippen molar-refractivity contribution in [2.45, 2.75) is 91.9 Å². The van der Waals surface area contributed by atoms with Crippen LogP contribution in [0.1, 0.15) is 43.0 Å². The summed E-state index contributed by atoms with van der Waals surface area (Å²) in [6, 6.07) is 63.3. The zero-order valence-corrected chi connectivity index (χ0v) is 42.2. The number of esters is 2. The molecule has 2 fully saturated rings. The third-order valence-corrected chi connectivity index (χ3v) is 13.9. The summed E-state index contributed by atoms with van der Waals surface area (Å²) in [4.78, 5) is 29.0. The molecule has 7 aromatic rings. The molecule has 388 valence electrons. The Morgan fingerprint density at radius 3 is 1.43 bits per heavy atom. The molecule has 0 unspecified atom stereocenters. The van der Waals surface area contributed by atoms with Gasteiger partial charge in [-0.05, 0) is 70.8 Å². The van der Waals surface area contributed by atoms with Crippen LogP contribution in [0.4, 0.5) is 0 Å². The fourth-order valence-corrected chi connectivity index (χ4v) is 9.92. The summed E-state index contributed by atoms with van der Waals surface area (Å²) in [7, 11) is 1.55. The molecule has 2 aliphatic heterocycles. The number of aliphatic hydroxyl groups excluding tert-OH is 1. The van der Waals surface area contributed by atoms with Gasteiger partial charge in [-0.15, -0.1) is 0 Å². The molecule has 2 saturated heterocycles. The number of carbonyl (C=O) groups excluding carboxylic acids is 2. The fraction of sp³-hybridized carbons (Fsp3) is 0.279. The molecule has 13 nitrogen and oxygen atoms in total. The molecule has 0 saturated carbocycles. The van der Waals surface area contributed by atoms with Crippen molar-refractivity contribution in [3.05, 3.63) is 240 Å². The number of rotatable bonds is 23. The second-order valence-corrected chi connectivity index (χ2v) is 19.1. The molecule has 14 heteroatoms. The number of carbonyl (C=O) groups is 2. The first-order valence-electron chi connectivity index (χ1n) is 24.9. The number of thioether (sulfide) groups is 1. The van der Waals surface area contributed by atoms with Crippen LogP contribution in [0.25, 0.3) is 0 Å². The highest BCUT2D eigenvalue weighted by atomic mass is 32.2. The summed E-state index contributed by atoms with van der Waals surface area (Å²) < 4.78 is 65.4. The average molecular weight is 1030 g/mol. The van der Waals surface area contributed by atoms with Gasteiger partial charge in [0.25, 0.3) is 0 Å². The molecule has 10 atom stereocenters. The third kappa shape index (κ3) is 14.8. The van der Waals surface area contributed by atoms with E-state index in [0.29, 0.717) is 11.3 Å². The summed E-state index contributed by atoms with van der Waals surface area (Å²) >= 11 is 1.29. The van der Waals surface area contributed by atoms with Crippen LogP contribution in [0.15, 0.2) is 211 Å². The molecule has 0 radical (unpaired) electrons. The Hall–Kier alpha value is -6.69. The summed E-state index contributed by atoms with van der Waals surface area (Å²) in [5.41, 5.74) is 3.16. The molecule has 0 bridgehead atoms. The standard InChI is InChI=1S/C61H60O13S/c1-65-48-34-32-47(33-35-48)59(64)74-57-56(69-39-45-26-14-5-15-27-45)54(68-38-44-24-12-4-13-25-44)50(40-66-36-42-20-8-2-9-21-42)71-60(57)70-41-51-53(67-37-43-22-10-3-11-23-43)52(62)55(73-58(63)46-28-16-6-17-29-46)61(72-51)75-49-30-18-7-19-31-49/h2-35,50-57,60-62H,36-41H2,1H3/t50-,51-,52+,53-,54-,55-,56+,57-,60-,61+/m1/s1. The van der Waals surface area contributed by atoms with Gasteiger partial charge in [0, 0.05) is 4.90 Å². The van der Waals surface area contributed by atoms with E-state index in [9.17, 15) is 14.7 Å². The van der Waals surface area contributed by atoms with E-state index in [1.807, 2.05) is 152 Å². The number of methoxy groups -OCH3 is 1. The minimum atomic E-state index is -1.42. The van der Waals surface area contributed by atoms with Crippen LogP contribution >= 0.6 is 11.8 Å². The summed E-state index contributed by atoms with van der Waals surface area (Å²) in [6.07, 6.45) is -10.1. The molecule has 0 aromatic heterocycles. The van der Waals surface area contributed by atoms with Crippen molar-refractivity contribution in [2.24, 2.45) is 0 Å². The van der Waals surface area contributed by atoms with Gasteiger partial charge in [0.2, 0.25) is 0 Å². The predicted molar refractivity (Wildman–Crippen MR) is 281 cm³/mol. The van der Waals surface area contributed by atoms with Crippen LogP contribution in [-0.4, -0.2) is 97.9 Å². The van der Waals surface area contributed by atoms with Crippen molar-refractivity contribution >= 4 is 23.7 Å². The largest absolute Gasteiger partial charge is 0.497 e. The van der Waals surface area contributed by atoms with E-state index in [1.54, 1.807) is 61.7 Å². The quantitative estimate of drug-likeness (QED) is 0.0607. The van der Waals surface area contributed by atoms with E-state index >= 15 is 0 Å². The van der Waals surface area contributed by atoms with E-state index in [-0.39, 0.29) is 45.2 Å². The number of benzene rings is 7. The molecule has 0 amide bonds. The second kappa shape index (κ2) is 27.2. The first kappa shape index (κ1) is 53.1. The van der Waals surface area contributed by atoms with E-state index < -0.39 is 72.5 Å². The van der Waals surface area contributed by atoms with Crippen LogP contribution in [0.2, 0.25) is 0 Å². The van der Waals surface area contributed by atoms with Gasteiger partial charge in [-0.25, -0.2) is 9.59 Å². The Morgan fingerprint density at radius 1 is 0.453 bits per heavy atom. The average Bonchev–Trinajstić information content (AvgIpc) is 3.46. The first-order valence-corrected chi connectivity index (χ1v) is 25.8. The highest BCUT2D eigenvalue weighted by Gasteiger charge is 2.53. The van der Waals surface area contributed by atoms with Gasteiger partial charge < -0.3 is 52.5 Å². The lowest BCUT2D eigenvalue weighted by Crippen LogP contribution is -2.63. The Bertz CT molecular complexity index is 2780. The van der Waals surface area contributed by atoms with Crippen molar-refractivity contribution < 1.29 is 62.1 Å². The molecule has 2 heterocycles. The molecular weight excluding hydrogens is 973 g/mol. The predicted octanol–water partition coefficient (Wildman–Crippen LogP) is 10.0. The smallest absolute Gasteiger partial charge is 0.338 e. The van der Waals surface area contributed by atoms with Crippen LogP contribution in [0.5, 0.6) is 5.75 Å². The molecule has 7 aromatic carbocycles. The van der Waals surface area contributed by atoms with Crippen LogP contribution in [0, 0.1) is 0 Å². The monoisotopic (exact) mass is 1030 g/mol. The van der Waals surface area contributed by atoms with Crippen LogP contribution in [-0.2, 0) is 69.1 Å². The minimum absolute atomic E-state index is 0.0320. The Kier molecular flexibility index (Phi) is 19.3. The Labute approximate surface area is 441 Å². The van der Waals surface area contributed by atoms with Crippen molar-refractivity contribution in [3.63, 3.8) is 0 Å². The number of ether oxygens (including phenoxy) is 10. The lowest BCUT2D eigenvalue weighted by Gasteiger charge is -2.47. The molecular formula is C61H60O13S. The topological polar surface area (TPSA) is 147 Å². The lowest BCUT2D eigenvalue weighted by atomic mass is 9.97. The van der Waals surface area contributed by atoms with E-state index in [1.165, 1.54) is 11.8 Å². The highest BCUT2D eigenvalue weighted by Crippen LogP contribution is 2.38. The highest BCUT2D eigenvalue weighted by molar-refractivity contribution is 7.99. The van der Waals surface area contributed by atoms with Crippen LogP contribution < -0.4 is 4.74 Å². The maximum Gasteiger partial charge on any atom is 0.338 e. The maximum absolute atomic E-state index is 14.4. The van der Waals surface area contributed by atoms with Crippen molar-refractivity contribution in [1.82, 2.24) is 0 Å². The van der Waals surface area contributed by atoms with Gasteiger partial charge in [0.15, 0.2) is 18.5 Å². The molecule has 9 rings (SSSR count). The van der Waals surface area contributed by atoms with Gasteiger partial charge in [-0.2, -0.15) is 0 Å². The Balaban J connectivity index is 1.07. The molecule has 2 aliphatic rings. The lowest BCUT2D eigenvalue weighted by molar-refractivity contribution is -0.326. The third-order valence-electron chi connectivity index (χ3n) is 12.7. The molecule has 75 heavy (non-hydrogen) atoms. The van der Waals surface area contributed by atoms with Gasteiger partial charge in [0.1, 0.15) is 47.8 Å². The van der Waals surface area contributed by atoms with Crippen molar-refractivity contribution in [3.8, 4) is 5.75 Å². The molecule has 1 N–H and O–H groups in total. The number of hydrogen-bond donors (Lipinski definition) is 1.